The monoisotopic (exact) mass is 287 g/mol. The van der Waals surface area contributed by atoms with Crippen molar-refractivity contribution in [3.63, 3.8) is 0 Å². The van der Waals surface area contributed by atoms with Crippen molar-refractivity contribution in [2.24, 2.45) is 5.92 Å². The molecule has 1 heterocycles. The maximum absolute atomic E-state index is 11.9. The number of ether oxygens (including phenoxy) is 1. The Kier molecular flexibility index (Phi) is 5.59. The third-order valence-electron chi connectivity index (χ3n) is 2.21. The second-order valence-electron chi connectivity index (χ2n) is 3.45. The van der Waals surface area contributed by atoms with E-state index in [1.165, 1.54) is 0 Å². The Morgan fingerprint density at radius 2 is 2.38 bits per heavy atom. The van der Waals surface area contributed by atoms with Crippen LogP contribution in [0.4, 0.5) is 0 Å². The average molecular weight is 288 g/mol. The minimum atomic E-state index is -0.308. The second kappa shape index (κ2) is 6.73. The molecule has 0 bridgehead atoms. The zero-order chi connectivity index (χ0) is 12.0. The maximum atomic E-state index is 11.9. The molecular formula is C11H14BrNO3. The predicted molar refractivity (Wildman–Crippen MR) is 63.1 cm³/mol. The lowest BCUT2D eigenvalue weighted by Crippen LogP contribution is -2.15. The molecule has 0 saturated heterocycles. The molecule has 1 atom stereocenters. The molecule has 1 unspecified atom stereocenters. The highest BCUT2D eigenvalue weighted by atomic mass is 79.9. The topological polar surface area (TPSA) is 59.4 Å². The number of aliphatic hydroxyl groups is 1. The highest BCUT2D eigenvalue weighted by molar-refractivity contribution is 9.10. The van der Waals surface area contributed by atoms with E-state index in [4.69, 9.17) is 9.84 Å². The van der Waals surface area contributed by atoms with E-state index in [1.54, 1.807) is 18.3 Å². The van der Waals surface area contributed by atoms with Crippen molar-refractivity contribution in [2.75, 3.05) is 13.4 Å². The first-order valence-electron chi connectivity index (χ1n) is 4.99. The van der Waals surface area contributed by atoms with Crippen molar-refractivity contribution >= 4 is 21.7 Å². The molecular weight excluding hydrogens is 274 g/mol. The van der Waals surface area contributed by atoms with Crippen LogP contribution in [0, 0.1) is 5.92 Å². The van der Waals surface area contributed by atoms with Crippen LogP contribution in [0.15, 0.2) is 22.8 Å². The van der Waals surface area contributed by atoms with Crippen molar-refractivity contribution in [3.05, 3.63) is 28.5 Å². The van der Waals surface area contributed by atoms with Gasteiger partial charge in [-0.3, -0.25) is 9.78 Å². The van der Waals surface area contributed by atoms with Crippen molar-refractivity contribution in [1.29, 1.82) is 0 Å². The summed E-state index contributed by atoms with van der Waals surface area (Å²) in [6.07, 6.45) is 2.18. The fraction of sp³-hybridized carbons (Fsp3) is 0.455. The number of Topliss-reactive ketones (excluding diaryl/α,β-unsaturated/α-hetero) is 1. The van der Waals surface area contributed by atoms with E-state index in [1.807, 2.05) is 6.92 Å². The number of halogens is 1. The molecule has 1 aromatic rings. The Hall–Kier alpha value is -0.780. The summed E-state index contributed by atoms with van der Waals surface area (Å²) in [5.74, 6) is -0.158. The summed E-state index contributed by atoms with van der Waals surface area (Å²) in [5.41, 5.74) is 0.458. The summed E-state index contributed by atoms with van der Waals surface area (Å²) in [6.45, 7) is 1.89. The van der Waals surface area contributed by atoms with Gasteiger partial charge in [0.25, 0.3) is 0 Å². The summed E-state index contributed by atoms with van der Waals surface area (Å²) >= 11 is 3.26. The van der Waals surface area contributed by atoms with Crippen LogP contribution in [-0.4, -0.2) is 29.3 Å². The van der Waals surface area contributed by atoms with Crippen LogP contribution < -0.4 is 0 Å². The Morgan fingerprint density at radius 3 is 2.94 bits per heavy atom. The van der Waals surface area contributed by atoms with E-state index in [2.05, 4.69) is 20.9 Å². The molecule has 0 spiro atoms. The standard InChI is InChI=1S/C11H14BrNO3/c1-8(4-5-16-7-14)11(15)10-3-2-9(12)6-13-10/h2-3,6,8,14H,4-5,7H2,1H3. The largest absolute Gasteiger partial charge is 0.371 e. The summed E-state index contributed by atoms with van der Waals surface area (Å²) < 4.78 is 5.63. The van der Waals surface area contributed by atoms with E-state index in [-0.39, 0.29) is 18.5 Å². The van der Waals surface area contributed by atoms with E-state index >= 15 is 0 Å². The molecule has 0 radical (unpaired) electrons. The van der Waals surface area contributed by atoms with Gasteiger partial charge in [-0.1, -0.05) is 6.92 Å². The van der Waals surface area contributed by atoms with Crippen LogP contribution in [0.2, 0.25) is 0 Å². The van der Waals surface area contributed by atoms with Gasteiger partial charge < -0.3 is 9.84 Å². The third-order valence-corrected chi connectivity index (χ3v) is 2.68. The molecule has 0 aliphatic heterocycles. The van der Waals surface area contributed by atoms with E-state index < -0.39 is 0 Å². The Bertz CT molecular complexity index is 340. The average Bonchev–Trinajstić information content (AvgIpc) is 2.29. The van der Waals surface area contributed by atoms with Crippen LogP contribution in [0.5, 0.6) is 0 Å². The van der Waals surface area contributed by atoms with Crippen LogP contribution in [-0.2, 0) is 4.74 Å². The molecule has 5 heteroatoms. The molecule has 1 aromatic heterocycles. The zero-order valence-corrected chi connectivity index (χ0v) is 10.6. The Labute approximate surface area is 103 Å². The van der Waals surface area contributed by atoms with Gasteiger partial charge in [0, 0.05) is 16.6 Å². The summed E-state index contributed by atoms with van der Waals surface area (Å²) in [5, 5.41) is 8.44. The number of hydrogen-bond acceptors (Lipinski definition) is 4. The normalized spacial score (nSPS) is 12.4. The van der Waals surface area contributed by atoms with Gasteiger partial charge in [0.2, 0.25) is 0 Å². The molecule has 0 aromatic carbocycles. The molecule has 16 heavy (non-hydrogen) atoms. The van der Waals surface area contributed by atoms with Crippen LogP contribution in [0.25, 0.3) is 0 Å². The summed E-state index contributed by atoms with van der Waals surface area (Å²) in [7, 11) is 0. The lowest BCUT2D eigenvalue weighted by molar-refractivity contribution is -0.00552. The summed E-state index contributed by atoms with van der Waals surface area (Å²) in [4.78, 5) is 15.9. The maximum Gasteiger partial charge on any atom is 0.184 e. The smallest absolute Gasteiger partial charge is 0.184 e. The quantitative estimate of drug-likeness (QED) is 0.494. The Balaban J connectivity index is 2.53. The number of hydrogen-bond donors (Lipinski definition) is 1. The number of aromatic nitrogens is 1. The van der Waals surface area contributed by atoms with Crippen molar-refractivity contribution in [3.8, 4) is 0 Å². The van der Waals surface area contributed by atoms with Gasteiger partial charge in [-0.25, -0.2) is 0 Å². The third kappa shape index (κ3) is 4.00. The minimum absolute atomic E-state index is 0.00552. The van der Waals surface area contributed by atoms with E-state index in [0.717, 1.165) is 4.47 Å². The molecule has 0 saturated carbocycles. The van der Waals surface area contributed by atoms with Crippen molar-refractivity contribution in [1.82, 2.24) is 4.98 Å². The first-order valence-corrected chi connectivity index (χ1v) is 5.79. The van der Waals surface area contributed by atoms with Crippen LogP contribution >= 0.6 is 15.9 Å². The zero-order valence-electron chi connectivity index (χ0n) is 9.02. The number of aliphatic hydroxyl groups excluding tert-OH is 1. The molecule has 1 N–H and O–H groups in total. The lowest BCUT2D eigenvalue weighted by Gasteiger charge is -2.09. The molecule has 0 amide bonds. The van der Waals surface area contributed by atoms with Gasteiger partial charge >= 0.3 is 0 Å². The summed E-state index contributed by atoms with van der Waals surface area (Å²) in [6, 6.07) is 3.48. The number of pyridine rings is 1. The molecule has 0 fully saturated rings. The van der Waals surface area contributed by atoms with E-state index in [0.29, 0.717) is 18.7 Å². The highest BCUT2D eigenvalue weighted by Gasteiger charge is 2.15. The van der Waals surface area contributed by atoms with Gasteiger partial charge in [0.1, 0.15) is 12.5 Å². The van der Waals surface area contributed by atoms with Gasteiger partial charge in [-0.05, 0) is 34.5 Å². The second-order valence-corrected chi connectivity index (χ2v) is 4.37. The van der Waals surface area contributed by atoms with Crippen LogP contribution in [0.1, 0.15) is 23.8 Å². The number of nitrogens with zero attached hydrogens (tertiary/aromatic N) is 1. The number of ketones is 1. The number of carbonyl (C=O) groups excluding carboxylic acids is 1. The van der Waals surface area contributed by atoms with Gasteiger partial charge in [-0.2, -0.15) is 0 Å². The van der Waals surface area contributed by atoms with Crippen molar-refractivity contribution in [2.45, 2.75) is 13.3 Å². The lowest BCUT2D eigenvalue weighted by atomic mass is 10.0. The van der Waals surface area contributed by atoms with Gasteiger partial charge in [-0.15, -0.1) is 0 Å². The highest BCUT2D eigenvalue weighted by Crippen LogP contribution is 2.13. The van der Waals surface area contributed by atoms with Gasteiger partial charge in [0.05, 0.1) is 6.61 Å². The first kappa shape index (κ1) is 13.3. The fourth-order valence-corrected chi connectivity index (χ4v) is 1.46. The molecule has 0 aliphatic rings. The fourth-order valence-electron chi connectivity index (χ4n) is 1.23. The molecule has 0 aliphatic carbocycles. The molecule has 1 rings (SSSR count). The SMILES string of the molecule is CC(CCOCO)C(=O)c1ccc(Br)cn1. The number of carbonyl (C=O) groups is 1. The van der Waals surface area contributed by atoms with Crippen LogP contribution in [0.3, 0.4) is 0 Å². The number of rotatable bonds is 6. The molecule has 88 valence electrons. The Morgan fingerprint density at radius 1 is 1.62 bits per heavy atom. The van der Waals surface area contributed by atoms with Crippen molar-refractivity contribution < 1.29 is 14.6 Å². The van der Waals surface area contributed by atoms with E-state index in [9.17, 15) is 4.79 Å². The van der Waals surface area contributed by atoms with Gasteiger partial charge in [0.15, 0.2) is 5.78 Å². The first-order chi connectivity index (χ1) is 7.65. The molecule has 4 nitrogen and oxygen atoms in total. The minimum Gasteiger partial charge on any atom is -0.371 e. The predicted octanol–water partition coefficient (Wildman–Crippen LogP) is 2.02.